The number of unbranched alkanes of at least 4 members (excludes halogenated alkanes) is 1. The Kier molecular flexibility index (Phi) is 13.6. The Morgan fingerprint density at radius 2 is 1.80 bits per heavy atom. The van der Waals surface area contributed by atoms with Gasteiger partial charge in [-0.25, -0.2) is 4.98 Å². The number of aromatic nitrogens is 2. The number of aryl methyl sites for hydroxylation is 1. The van der Waals surface area contributed by atoms with Gasteiger partial charge in [0.15, 0.2) is 0 Å². The molecule has 0 spiro atoms. The normalized spacial score (nSPS) is 15.4. The lowest BCUT2D eigenvalue weighted by Gasteiger charge is -2.34. The summed E-state index contributed by atoms with van der Waals surface area (Å²) in [6.07, 6.45) is 12.6. The van der Waals surface area contributed by atoms with Gasteiger partial charge in [0.2, 0.25) is 5.91 Å². The smallest absolute Gasteiger partial charge is 0.248 e. The van der Waals surface area contributed by atoms with Crippen molar-refractivity contribution in [1.29, 1.82) is 0 Å². The van der Waals surface area contributed by atoms with Gasteiger partial charge < -0.3 is 24.3 Å². The van der Waals surface area contributed by atoms with E-state index in [9.17, 15) is 9.00 Å². The lowest BCUT2D eigenvalue weighted by Crippen LogP contribution is -2.34. The number of nitrogens with zero attached hydrogens (tertiary/aromatic N) is 3. The minimum Gasteiger partial charge on any atom is -0.491 e. The number of nitrogens with one attached hydrogen (secondary N) is 1. The molecule has 9 heteroatoms. The van der Waals surface area contributed by atoms with Crippen molar-refractivity contribution in [2.24, 2.45) is 5.92 Å². The molecule has 0 bridgehead atoms. The first-order chi connectivity index (χ1) is 23.9. The van der Waals surface area contributed by atoms with E-state index in [2.05, 4.69) is 66.3 Å². The summed E-state index contributed by atoms with van der Waals surface area (Å²) < 4.78 is 26.5. The van der Waals surface area contributed by atoms with Gasteiger partial charge in [-0.1, -0.05) is 45.4 Å². The van der Waals surface area contributed by atoms with Gasteiger partial charge >= 0.3 is 0 Å². The number of imidazole rings is 1. The Morgan fingerprint density at radius 1 is 1.00 bits per heavy atom. The summed E-state index contributed by atoms with van der Waals surface area (Å²) in [5, 5.41) is 2.96. The van der Waals surface area contributed by atoms with Gasteiger partial charge in [0, 0.05) is 54.8 Å². The fourth-order valence-corrected chi connectivity index (χ4v) is 7.16. The second-order valence-corrected chi connectivity index (χ2v) is 14.2. The van der Waals surface area contributed by atoms with E-state index in [1.54, 1.807) is 30.7 Å². The third-order valence-corrected chi connectivity index (χ3v) is 10.0. The van der Waals surface area contributed by atoms with E-state index in [1.165, 1.54) is 6.42 Å². The van der Waals surface area contributed by atoms with Crippen LogP contribution in [0.3, 0.4) is 0 Å². The average Bonchev–Trinajstić information content (AvgIpc) is 3.55. The SMILES string of the molecule is CCCCOCCOc1ccc(-c2ccc(N3CCCC(C)C3)c(/C=C/C(=O)Nc3ccc([S@@](=O)Cc4cncn4CCC)cc3)c2)cc1. The predicted molar refractivity (Wildman–Crippen MR) is 200 cm³/mol. The fraction of sp³-hybridized carbons (Fsp3) is 0.400. The lowest BCUT2D eigenvalue weighted by atomic mass is 9.96. The van der Waals surface area contributed by atoms with Crippen LogP contribution in [0.4, 0.5) is 11.4 Å². The summed E-state index contributed by atoms with van der Waals surface area (Å²) in [6.45, 7) is 11.3. The molecule has 1 amide bonds. The number of rotatable bonds is 17. The zero-order valence-corrected chi connectivity index (χ0v) is 29.9. The van der Waals surface area contributed by atoms with Crippen LogP contribution in [-0.2, 0) is 32.6 Å². The Labute approximate surface area is 294 Å². The highest BCUT2D eigenvalue weighted by molar-refractivity contribution is 7.84. The monoisotopic (exact) mass is 682 g/mol. The maximum atomic E-state index is 13.1. The summed E-state index contributed by atoms with van der Waals surface area (Å²) >= 11 is 0. The van der Waals surface area contributed by atoms with Gasteiger partial charge in [-0.3, -0.25) is 9.00 Å². The molecule has 1 saturated heterocycles. The third kappa shape index (κ3) is 10.6. The second kappa shape index (κ2) is 18.5. The molecule has 2 atom stereocenters. The molecule has 1 aliphatic rings. The number of piperidine rings is 1. The maximum Gasteiger partial charge on any atom is 0.248 e. The van der Waals surface area contributed by atoms with Gasteiger partial charge in [0.25, 0.3) is 0 Å². The molecule has 1 N–H and O–H groups in total. The number of hydrogen-bond donors (Lipinski definition) is 1. The van der Waals surface area contributed by atoms with E-state index in [4.69, 9.17) is 9.47 Å². The van der Waals surface area contributed by atoms with Crippen molar-refractivity contribution in [1.82, 2.24) is 9.55 Å². The first kappa shape index (κ1) is 36.1. The molecule has 49 heavy (non-hydrogen) atoms. The zero-order valence-electron chi connectivity index (χ0n) is 29.1. The Hall–Kier alpha value is -4.21. The number of anilines is 2. The summed E-state index contributed by atoms with van der Waals surface area (Å²) in [5.41, 5.74) is 5.89. The summed E-state index contributed by atoms with van der Waals surface area (Å²) in [6, 6.07) is 21.9. The minimum absolute atomic E-state index is 0.221. The quantitative estimate of drug-likeness (QED) is 0.0890. The molecule has 4 aromatic rings. The van der Waals surface area contributed by atoms with Crippen LogP contribution in [0.2, 0.25) is 0 Å². The number of carbonyl (C=O) groups excluding carboxylic acids is 1. The highest BCUT2D eigenvalue weighted by atomic mass is 32.2. The summed E-state index contributed by atoms with van der Waals surface area (Å²) in [5.74, 6) is 1.62. The number of benzene rings is 3. The average molecular weight is 683 g/mol. The van der Waals surface area contributed by atoms with Gasteiger partial charge in [0.1, 0.15) is 12.4 Å². The van der Waals surface area contributed by atoms with Gasteiger partial charge in [-0.05, 0) is 103 Å². The number of amides is 1. The molecule has 0 radical (unpaired) electrons. The third-order valence-electron chi connectivity index (χ3n) is 8.69. The van der Waals surface area contributed by atoms with Crippen LogP contribution in [-0.4, -0.2) is 52.6 Å². The number of hydrogen-bond acceptors (Lipinski definition) is 6. The molecule has 8 nitrogen and oxygen atoms in total. The highest BCUT2D eigenvalue weighted by Crippen LogP contribution is 2.32. The summed E-state index contributed by atoms with van der Waals surface area (Å²) in [4.78, 5) is 20.5. The first-order valence-electron chi connectivity index (χ1n) is 17.6. The Balaban J connectivity index is 1.25. The molecular weight excluding hydrogens is 633 g/mol. The lowest BCUT2D eigenvalue weighted by molar-refractivity contribution is -0.111. The predicted octanol–water partition coefficient (Wildman–Crippen LogP) is 8.35. The van der Waals surface area contributed by atoms with E-state index in [-0.39, 0.29) is 5.91 Å². The fourth-order valence-electron chi connectivity index (χ4n) is 6.04. The second-order valence-electron chi connectivity index (χ2n) is 12.7. The Morgan fingerprint density at radius 3 is 2.55 bits per heavy atom. The van der Waals surface area contributed by atoms with E-state index in [1.807, 2.05) is 34.9 Å². The minimum atomic E-state index is -1.21. The molecule has 2 heterocycles. The van der Waals surface area contributed by atoms with Crippen LogP contribution in [0.5, 0.6) is 5.75 Å². The molecule has 1 aromatic heterocycles. The van der Waals surface area contributed by atoms with E-state index in [0.717, 1.165) is 85.7 Å². The van der Waals surface area contributed by atoms with Crippen molar-refractivity contribution >= 4 is 34.2 Å². The van der Waals surface area contributed by atoms with Crippen molar-refractivity contribution in [3.63, 3.8) is 0 Å². The van der Waals surface area contributed by atoms with Crippen LogP contribution in [0.1, 0.15) is 64.1 Å². The van der Waals surface area contributed by atoms with Crippen LogP contribution < -0.4 is 15.0 Å². The molecule has 5 rings (SSSR count). The van der Waals surface area contributed by atoms with E-state index in [0.29, 0.717) is 35.5 Å². The molecule has 0 aliphatic carbocycles. The highest BCUT2D eigenvalue weighted by Gasteiger charge is 2.19. The van der Waals surface area contributed by atoms with Crippen LogP contribution in [0, 0.1) is 5.92 Å². The van der Waals surface area contributed by atoms with Crippen LogP contribution >= 0.6 is 0 Å². The molecule has 1 unspecified atom stereocenters. The molecule has 3 aromatic carbocycles. The molecule has 1 fully saturated rings. The molecule has 1 aliphatic heterocycles. The number of carbonyl (C=O) groups is 1. The van der Waals surface area contributed by atoms with Gasteiger partial charge in [-0.2, -0.15) is 0 Å². The maximum absolute atomic E-state index is 13.1. The van der Waals surface area contributed by atoms with Crippen molar-refractivity contribution in [3.05, 3.63) is 96.6 Å². The van der Waals surface area contributed by atoms with E-state index >= 15 is 0 Å². The van der Waals surface area contributed by atoms with Gasteiger partial charge in [-0.15, -0.1) is 0 Å². The molecule has 260 valence electrons. The van der Waals surface area contributed by atoms with Crippen molar-refractivity contribution in [3.8, 4) is 16.9 Å². The van der Waals surface area contributed by atoms with Crippen molar-refractivity contribution in [2.45, 2.75) is 70.1 Å². The van der Waals surface area contributed by atoms with E-state index < -0.39 is 10.8 Å². The zero-order chi connectivity index (χ0) is 34.4. The molecular formula is C40H50N4O4S. The first-order valence-corrected chi connectivity index (χ1v) is 18.9. The topological polar surface area (TPSA) is 85.7 Å². The van der Waals surface area contributed by atoms with Crippen LogP contribution in [0.15, 0.2) is 90.2 Å². The van der Waals surface area contributed by atoms with Crippen LogP contribution in [0.25, 0.3) is 17.2 Å². The van der Waals surface area contributed by atoms with Gasteiger partial charge in [0.05, 0.1) is 35.2 Å². The molecule has 0 saturated carbocycles. The van der Waals surface area contributed by atoms with Crippen molar-refractivity contribution in [2.75, 3.05) is 43.1 Å². The number of ether oxygens (including phenoxy) is 2. The summed E-state index contributed by atoms with van der Waals surface area (Å²) in [7, 11) is -1.21. The largest absolute Gasteiger partial charge is 0.491 e. The standard InChI is InChI=1S/C40H50N4O4S/c1-4-6-23-47-24-25-48-37-15-9-32(10-16-37)33-11-19-39(43-22-7-8-31(3)28-43)34(26-33)12-20-40(45)42-35-13-17-38(18-14-35)49(46)29-36-27-41-30-44(36)21-5-2/h9-20,26-27,30-31H,4-8,21-25,28-29H2,1-3H3,(H,42,45)/b20-12+/t31?,49-/m0/s1. The Bertz CT molecular complexity index is 1680. The van der Waals surface area contributed by atoms with Crippen molar-refractivity contribution < 1.29 is 18.5 Å².